The van der Waals surface area contributed by atoms with Crippen LogP contribution in [-0.2, 0) is 11.2 Å². The molecule has 5 rings (SSSR count). The zero-order valence-corrected chi connectivity index (χ0v) is 18.5. The Morgan fingerprint density at radius 2 is 1.64 bits per heavy atom. The summed E-state index contributed by atoms with van der Waals surface area (Å²) in [6.45, 7) is 0. The fraction of sp³-hybridized carbons (Fsp3) is 0.286. The van der Waals surface area contributed by atoms with Crippen LogP contribution < -0.4 is 10.9 Å². The third-order valence-corrected chi connectivity index (χ3v) is 6.83. The number of carbonyl (C=O) groups excluding carboxylic acids is 1. The van der Waals surface area contributed by atoms with Crippen LogP contribution in [0.5, 0.6) is 0 Å². The highest BCUT2D eigenvalue weighted by molar-refractivity contribution is 6.03. The molecule has 1 aliphatic rings. The Morgan fingerprint density at radius 1 is 0.909 bits per heavy atom. The molecule has 1 aromatic heterocycles. The molecule has 4 aromatic rings. The molecule has 0 spiro atoms. The van der Waals surface area contributed by atoms with E-state index in [2.05, 4.69) is 5.32 Å². The van der Waals surface area contributed by atoms with E-state index in [1.54, 1.807) is 18.3 Å². The Balaban J connectivity index is 1.41. The van der Waals surface area contributed by atoms with E-state index >= 15 is 0 Å². The van der Waals surface area contributed by atoms with E-state index in [1.165, 1.54) is 11.0 Å². The topological polar surface area (TPSA) is 71.3 Å². The summed E-state index contributed by atoms with van der Waals surface area (Å²) in [7, 11) is 0. The van der Waals surface area contributed by atoms with Crippen molar-refractivity contribution in [3.8, 4) is 0 Å². The summed E-state index contributed by atoms with van der Waals surface area (Å²) < 4.78 is 1.44. The monoisotopic (exact) mass is 440 g/mol. The van der Waals surface area contributed by atoms with Crippen molar-refractivity contribution in [2.24, 2.45) is 5.92 Å². The number of fused-ring (bicyclic) bond motifs is 2. The first-order valence-electron chi connectivity index (χ1n) is 11.7. The first-order valence-corrected chi connectivity index (χ1v) is 11.7. The second kappa shape index (κ2) is 9.20. The first kappa shape index (κ1) is 21.4. The smallest absolute Gasteiger partial charge is 0.260 e. The quantitative estimate of drug-likeness (QED) is 0.436. The lowest BCUT2D eigenvalue weighted by molar-refractivity contribution is -0.115. The van der Waals surface area contributed by atoms with Gasteiger partial charge >= 0.3 is 0 Å². The molecule has 1 atom stereocenters. The largest absolute Gasteiger partial charge is 0.373 e. The number of hydrogen-bond acceptors (Lipinski definition) is 3. The number of aliphatic hydroxyl groups is 1. The zero-order valence-electron chi connectivity index (χ0n) is 18.5. The number of nitrogens with one attached hydrogen (secondary N) is 1. The van der Waals surface area contributed by atoms with E-state index in [9.17, 15) is 14.7 Å². The van der Waals surface area contributed by atoms with Gasteiger partial charge < -0.3 is 10.4 Å². The minimum absolute atomic E-state index is 0.109. The summed E-state index contributed by atoms with van der Waals surface area (Å²) >= 11 is 0. The van der Waals surface area contributed by atoms with E-state index in [1.807, 2.05) is 54.6 Å². The van der Waals surface area contributed by atoms with E-state index < -0.39 is 6.23 Å². The molecule has 1 amide bonds. The van der Waals surface area contributed by atoms with Gasteiger partial charge in [0.25, 0.3) is 5.56 Å². The maximum absolute atomic E-state index is 13.2. The van der Waals surface area contributed by atoms with Crippen LogP contribution in [0.4, 0.5) is 5.69 Å². The highest BCUT2D eigenvalue weighted by atomic mass is 16.3. The molecule has 1 saturated carbocycles. The molecular weight excluding hydrogens is 412 g/mol. The summed E-state index contributed by atoms with van der Waals surface area (Å²) in [5.74, 6) is -0.0252. The Bertz CT molecular complexity index is 1360. The van der Waals surface area contributed by atoms with Gasteiger partial charge in [-0.15, -0.1) is 0 Å². The molecule has 0 bridgehead atoms. The molecule has 168 valence electrons. The molecule has 1 aliphatic carbocycles. The number of anilines is 1. The van der Waals surface area contributed by atoms with Crippen molar-refractivity contribution < 1.29 is 9.90 Å². The molecule has 1 unspecified atom stereocenters. The maximum Gasteiger partial charge on any atom is 0.260 e. The Morgan fingerprint density at radius 3 is 2.48 bits per heavy atom. The van der Waals surface area contributed by atoms with Crippen LogP contribution in [0.25, 0.3) is 21.5 Å². The average molecular weight is 441 g/mol. The fourth-order valence-corrected chi connectivity index (χ4v) is 5.08. The van der Waals surface area contributed by atoms with Gasteiger partial charge in [0.15, 0.2) is 0 Å². The number of hydrogen-bond donors (Lipinski definition) is 2. The van der Waals surface area contributed by atoms with E-state index in [4.69, 9.17) is 0 Å². The minimum atomic E-state index is -0.813. The van der Waals surface area contributed by atoms with E-state index in [-0.39, 0.29) is 23.8 Å². The van der Waals surface area contributed by atoms with Crippen molar-refractivity contribution in [2.45, 2.75) is 44.8 Å². The van der Waals surface area contributed by atoms with Gasteiger partial charge in [-0.3, -0.25) is 14.2 Å². The number of rotatable bonds is 5. The van der Waals surface area contributed by atoms with E-state index in [0.717, 1.165) is 42.0 Å². The van der Waals surface area contributed by atoms with Crippen LogP contribution in [0.1, 0.15) is 43.9 Å². The van der Waals surface area contributed by atoms with Crippen molar-refractivity contribution in [3.05, 3.63) is 88.8 Å². The summed E-state index contributed by atoms with van der Waals surface area (Å²) in [4.78, 5) is 26.1. The summed E-state index contributed by atoms with van der Waals surface area (Å²) in [6, 6.07) is 21.1. The molecule has 5 nitrogen and oxygen atoms in total. The fourth-order valence-electron chi connectivity index (χ4n) is 5.08. The summed E-state index contributed by atoms with van der Waals surface area (Å²) in [5, 5.41) is 17.2. The highest BCUT2D eigenvalue weighted by Gasteiger charge is 2.24. The van der Waals surface area contributed by atoms with Gasteiger partial charge in [0, 0.05) is 28.6 Å². The number of pyridine rings is 1. The molecule has 1 fully saturated rings. The number of benzene rings is 3. The number of nitrogens with zero attached hydrogens (tertiary/aromatic N) is 1. The van der Waals surface area contributed by atoms with Crippen molar-refractivity contribution in [1.29, 1.82) is 0 Å². The van der Waals surface area contributed by atoms with Gasteiger partial charge in [-0.2, -0.15) is 0 Å². The Hall–Kier alpha value is -3.44. The van der Waals surface area contributed by atoms with Gasteiger partial charge in [-0.1, -0.05) is 67.8 Å². The Labute approximate surface area is 192 Å². The number of aliphatic hydroxyl groups excluding tert-OH is 1. The maximum atomic E-state index is 13.2. The lowest BCUT2D eigenvalue weighted by Crippen LogP contribution is -2.30. The lowest BCUT2D eigenvalue weighted by atomic mass is 9.88. The van der Waals surface area contributed by atoms with Crippen LogP contribution in [0, 0.1) is 5.92 Å². The highest BCUT2D eigenvalue weighted by Crippen LogP contribution is 2.31. The summed E-state index contributed by atoms with van der Waals surface area (Å²) in [6.07, 6.45) is 6.35. The molecule has 3 aromatic carbocycles. The second-order valence-electron chi connectivity index (χ2n) is 8.97. The van der Waals surface area contributed by atoms with Crippen LogP contribution in [0.15, 0.2) is 77.7 Å². The molecule has 0 saturated heterocycles. The molecule has 1 heterocycles. The van der Waals surface area contributed by atoms with Gasteiger partial charge in [0.1, 0.15) is 6.23 Å². The van der Waals surface area contributed by atoms with Gasteiger partial charge in [0.2, 0.25) is 5.91 Å². The van der Waals surface area contributed by atoms with Gasteiger partial charge in [0.05, 0.1) is 6.42 Å². The second-order valence-corrected chi connectivity index (χ2v) is 8.97. The third-order valence-electron chi connectivity index (χ3n) is 6.83. The molecular formula is C28H28N2O3. The van der Waals surface area contributed by atoms with E-state index in [0.29, 0.717) is 16.5 Å². The van der Waals surface area contributed by atoms with Crippen LogP contribution >= 0.6 is 0 Å². The first-order chi connectivity index (χ1) is 16.1. The number of amides is 1. The minimum Gasteiger partial charge on any atom is -0.373 e. The standard InChI is InChI=1S/C28H28N2O3/c31-26(18-21-12-6-11-19-8-4-5-13-22(19)21)29-25-15-7-14-24-23(25)16-17-30(28(24)33)27(32)20-9-2-1-3-10-20/h4-8,11-17,20,27,32H,1-3,9-10,18H2,(H,29,31). The predicted molar refractivity (Wildman–Crippen MR) is 132 cm³/mol. The molecule has 0 aliphatic heterocycles. The number of carbonyl (C=O) groups is 1. The van der Waals surface area contributed by atoms with Crippen molar-refractivity contribution in [2.75, 3.05) is 5.32 Å². The predicted octanol–water partition coefficient (Wildman–Crippen LogP) is 5.41. The Kier molecular flexibility index (Phi) is 5.97. The molecule has 0 radical (unpaired) electrons. The summed E-state index contributed by atoms with van der Waals surface area (Å²) in [5.41, 5.74) is 1.34. The lowest BCUT2D eigenvalue weighted by Gasteiger charge is -2.28. The average Bonchev–Trinajstić information content (AvgIpc) is 2.85. The van der Waals surface area contributed by atoms with Gasteiger partial charge in [-0.05, 0) is 47.4 Å². The third kappa shape index (κ3) is 4.29. The van der Waals surface area contributed by atoms with Crippen LogP contribution in [-0.4, -0.2) is 15.6 Å². The zero-order chi connectivity index (χ0) is 22.8. The molecule has 33 heavy (non-hydrogen) atoms. The van der Waals surface area contributed by atoms with Crippen LogP contribution in [0.2, 0.25) is 0 Å². The van der Waals surface area contributed by atoms with Crippen molar-refractivity contribution in [3.63, 3.8) is 0 Å². The van der Waals surface area contributed by atoms with Crippen molar-refractivity contribution >= 4 is 33.1 Å². The van der Waals surface area contributed by atoms with Crippen LogP contribution in [0.3, 0.4) is 0 Å². The normalized spacial score (nSPS) is 15.5. The molecule has 2 N–H and O–H groups in total. The SMILES string of the molecule is O=C(Cc1cccc2ccccc12)Nc1cccc2c(=O)n(C(O)C3CCCCC3)ccc12. The van der Waals surface area contributed by atoms with Crippen molar-refractivity contribution in [1.82, 2.24) is 4.57 Å². The molecule has 5 heteroatoms. The number of aromatic nitrogens is 1. The van der Waals surface area contributed by atoms with Gasteiger partial charge in [-0.25, -0.2) is 0 Å².